The van der Waals surface area contributed by atoms with Crippen LogP contribution in [0.15, 0.2) is 78.6 Å². The molecule has 1 aliphatic carbocycles. The van der Waals surface area contributed by atoms with Gasteiger partial charge in [-0.05, 0) is 59.5 Å². The molecule has 0 fully saturated rings. The number of allylic oxidation sites excluding steroid dienone is 2. The van der Waals surface area contributed by atoms with E-state index in [1.807, 2.05) is 36.4 Å². The van der Waals surface area contributed by atoms with Gasteiger partial charge in [-0.15, -0.1) is 0 Å². The van der Waals surface area contributed by atoms with Crippen LogP contribution in [0.3, 0.4) is 0 Å². The fraction of sp³-hybridized carbons (Fsp3) is 0.296. The van der Waals surface area contributed by atoms with Crippen LogP contribution < -0.4 is 4.74 Å². The third kappa shape index (κ3) is 7.15. The fourth-order valence-electron chi connectivity index (χ4n) is 3.37. The maximum Gasteiger partial charge on any atom is 0.338 e. The van der Waals surface area contributed by atoms with E-state index >= 15 is 0 Å². The predicted octanol–water partition coefficient (Wildman–Crippen LogP) is 4.55. The van der Waals surface area contributed by atoms with Gasteiger partial charge in [0.25, 0.3) is 0 Å². The average Bonchev–Trinajstić information content (AvgIpc) is 2.83. The lowest BCUT2D eigenvalue weighted by molar-refractivity contribution is -0.130. The van der Waals surface area contributed by atoms with Gasteiger partial charge in [0.1, 0.15) is 12.4 Å². The highest BCUT2D eigenvalue weighted by Gasteiger charge is 2.18. The third-order valence-electron chi connectivity index (χ3n) is 5.03. The minimum absolute atomic E-state index is 0.0313. The van der Waals surface area contributed by atoms with Crippen molar-refractivity contribution < 1.29 is 28.8 Å². The van der Waals surface area contributed by atoms with Gasteiger partial charge in [-0.3, -0.25) is 0 Å². The number of methoxy groups -OCH3 is 1. The first-order valence-corrected chi connectivity index (χ1v) is 10.9. The van der Waals surface area contributed by atoms with Crippen LogP contribution in [0.5, 0.6) is 5.75 Å². The summed E-state index contributed by atoms with van der Waals surface area (Å²) in [5.41, 5.74) is 4.39. The third-order valence-corrected chi connectivity index (χ3v) is 5.03. The lowest BCUT2D eigenvalue weighted by Gasteiger charge is -2.23. The van der Waals surface area contributed by atoms with Gasteiger partial charge in [0.2, 0.25) is 0 Å². The van der Waals surface area contributed by atoms with Crippen LogP contribution in [0, 0.1) is 0 Å². The van der Waals surface area contributed by atoms with Crippen molar-refractivity contribution in [2.24, 2.45) is 0 Å². The number of rotatable bonds is 11. The number of esters is 1. The summed E-state index contributed by atoms with van der Waals surface area (Å²) in [5, 5.41) is 9.14. The highest BCUT2D eigenvalue weighted by Crippen LogP contribution is 2.31. The van der Waals surface area contributed by atoms with Gasteiger partial charge in [0, 0.05) is 19.1 Å². The number of aliphatic hydroxyl groups excluding tert-OH is 1. The minimum Gasteiger partial charge on any atom is -0.495 e. The molecule has 0 radical (unpaired) electrons. The van der Waals surface area contributed by atoms with Crippen molar-refractivity contribution in [2.75, 3.05) is 33.5 Å². The van der Waals surface area contributed by atoms with Gasteiger partial charge in [-0.1, -0.05) is 36.9 Å². The van der Waals surface area contributed by atoms with Gasteiger partial charge < -0.3 is 24.1 Å². The summed E-state index contributed by atoms with van der Waals surface area (Å²) in [7, 11) is 1.64. The first kappa shape index (κ1) is 24.5. The second-order valence-corrected chi connectivity index (χ2v) is 7.69. The molecule has 0 heterocycles. The summed E-state index contributed by atoms with van der Waals surface area (Å²) >= 11 is 0. The van der Waals surface area contributed by atoms with E-state index in [1.165, 1.54) is 0 Å². The Bertz CT molecular complexity index is 1020. The van der Waals surface area contributed by atoms with E-state index in [4.69, 9.17) is 24.1 Å². The van der Waals surface area contributed by atoms with Gasteiger partial charge in [0.15, 0.2) is 0 Å². The van der Waals surface area contributed by atoms with Crippen LogP contribution >= 0.6 is 0 Å². The summed E-state index contributed by atoms with van der Waals surface area (Å²) in [6.07, 6.45) is 4.50. The second-order valence-electron chi connectivity index (χ2n) is 7.69. The van der Waals surface area contributed by atoms with Crippen LogP contribution in [-0.4, -0.2) is 50.7 Å². The first-order chi connectivity index (χ1) is 16.0. The number of benzene rings is 2. The molecule has 2 aromatic carbocycles. The van der Waals surface area contributed by atoms with E-state index in [0.717, 1.165) is 28.0 Å². The largest absolute Gasteiger partial charge is 0.495 e. The molecule has 0 saturated carbocycles. The summed E-state index contributed by atoms with van der Waals surface area (Å²) in [5.74, 6) is 0.853. The summed E-state index contributed by atoms with van der Waals surface area (Å²) in [6, 6.07) is 15.5. The fourth-order valence-corrected chi connectivity index (χ4v) is 3.37. The van der Waals surface area contributed by atoms with Crippen molar-refractivity contribution in [1.29, 1.82) is 0 Å². The first-order valence-electron chi connectivity index (χ1n) is 10.9. The smallest absolute Gasteiger partial charge is 0.338 e. The Morgan fingerprint density at radius 3 is 2.52 bits per heavy atom. The molecule has 3 rings (SSSR count). The Labute approximate surface area is 194 Å². The molecule has 1 aliphatic rings. The van der Waals surface area contributed by atoms with E-state index in [1.54, 1.807) is 26.2 Å². The monoisotopic (exact) mass is 450 g/mol. The highest BCUT2D eigenvalue weighted by atomic mass is 16.5. The average molecular weight is 451 g/mol. The molecule has 0 bridgehead atoms. The van der Waals surface area contributed by atoms with Crippen LogP contribution in [0.1, 0.15) is 18.9 Å². The molecule has 0 aliphatic heterocycles. The van der Waals surface area contributed by atoms with E-state index in [9.17, 15) is 4.79 Å². The molecule has 0 amide bonds. The quantitative estimate of drug-likeness (QED) is 0.234. The normalized spacial score (nSPS) is 15.4. The van der Waals surface area contributed by atoms with Crippen molar-refractivity contribution in [3.8, 4) is 16.9 Å². The number of aliphatic hydroxyl groups is 1. The summed E-state index contributed by atoms with van der Waals surface area (Å²) in [6.45, 7) is 6.42. The van der Waals surface area contributed by atoms with Gasteiger partial charge in [-0.2, -0.15) is 0 Å². The molecule has 0 spiro atoms. The van der Waals surface area contributed by atoms with Crippen molar-refractivity contribution in [2.45, 2.75) is 19.4 Å². The van der Waals surface area contributed by atoms with Crippen LogP contribution in [0.25, 0.3) is 16.7 Å². The SMILES string of the molecule is C=C(C)C(=O)Oc1ccc(-c2cccc(C3=CC(OCCO)CC(OCCOC)=C3)c2)cc1. The number of carbonyl (C=O) groups excluding carboxylic acids is 1. The highest BCUT2D eigenvalue weighted by molar-refractivity contribution is 5.88. The van der Waals surface area contributed by atoms with E-state index in [0.29, 0.717) is 31.0 Å². The van der Waals surface area contributed by atoms with Gasteiger partial charge in [-0.25, -0.2) is 4.79 Å². The number of carbonyl (C=O) groups is 1. The zero-order valence-corrected chi connectivity index (χ0v) is 19.1. The van der Waals surface area contributed by atoms with Crippen molar-refractivity contribution in [3.63, 3.8) is 0 Å². The standard InChI is InChI=1S/C27H30O6/c1-19(2)27(29)33-24-9-7-20(8-10-24)21-5-4-6-22(15-21)23-16-25(31-12-11-28)18-26(17-23)32-14-13-30-3/h4-10,15-17,25,28H,1,11-14,18H2,2-3H3. The molecule has 1 unspecified atom stereocenters. The number of hydrogen-bond acceptors (Lipinski definition) is 6. The topological polar surface area (TPSA) is 74.2 Å². The molecule has 0 aromatic heterocycles. The van der Waals surface area contributed by atoms with Crippen molar-refractivity contribution in [3.05, 3.63) is 84.2 Å². The maximum absolute atomic E-state index is 11.7. The number of ether oxygens (including phenoxy) is 4. The Kier molecular flexibility index (Phi) is 9.01. The van der Waals surface area contributed by atoms with Crippen LogP contribution in [-0.2, 0) is 19.0 Å². The lowest BCUT2D eigenvalue weighted by Crippen LogP contribution is -2.18. The maximum atomic E-state index is 11.7. The number of hydrogen-bond donors (Lipinski definition) is 1. The Morgan fingerprint density at radius 2 is 1.82 bits per heavy atom. The van der Waals surface area contributed by atoms with Gasteiger partial charge >= 0.3 is 5.97 Å². The van der Waals surface area contributed by atoms with E-state index in [-0.39, 0.29) is 19.3 Å². The molecule has 2 aromatic rings. The molecular weight excluding hydrogens is 420 g/mol. The zero-order valence-electron chi connectivity index (χ0n) is 19.1. The lowest BCUT2D eigenvalue weighted by atomic mass is 9.94. The zero-order chi connectivity index (χ0) is 23.6. The summed E-state index contributed by atoms with van der Waals surface area (Å²) in [4.78, 5) is 11.7. The molecule has 1 atom stereocenters. The minimum atomic E-state index is -0.442. The van der Waals surface area contributed by atoms with E-state index in [2.05, 4.69) is 18.7 Å². The second kappa shape index (κ2) is 12.2. The molecule has 33 heavy (non-hydrogen) atoms. The van der Waals surface area contributed by atoms with E-state index < -0.39 is 5.97 Å². The summed E-state index contributed by atoms with van der Waals surface area (Å²) < 4.78 is 22.0. The van der Waals surface area contributed by atoms with Crippen molar-refractivity contribution in [1.82, 2.24) is 0 Å². The van der Waals surface area contributed by atoms with Crippen molar-refractivity contribution >= 4 is 11.5 Å². The Morgan fingerprint density at radius 1 is 1.06 bits per heavy atom. The molecule has 1 N–H and O–H groups in total. The molecule has 6 nitrogen and oxygen atoms in total. The van der Waals surface area contributed by atoms with Gasteiger partial charge in [0.05, 0.1) is 31.7 Å². The van der Waals surface area contributed by atoms with Crippen LogP contribution in [0.2, 0.25) is 0 Å². The van der Waals surface area contributed by atoms with Crippen LogP contribution in [0.4, 0.5) is 0 Å². The molecule has 174 valence electrons. The molecule has 6 heteroatoms. The Hall–Kier alpha value is -3.19. The Balaban J connectivity index is 1.81. The molecule has 0 saturated heterocycles. The molecular formula is C27H30O6. The predicted molar refractivity (Wildman–Crippen MR) is 128 cm³/mol.